The van der Waals surface area contributed by atoms with Crippen LogP contribution in [0.1, 0.15) is 0 Å². The van der Waals surface area contributed by atoms with Crippen molar-refractivity contribution < 1.29 is 0 Å². The lowest BCUT2D eigenvalue weighted by Gasteiger charge is -1.98. The fourth-order valence-electron chi connectivity index (χ4n) is 0.925. The Labute approximate surface area is 78.5 Å². The highest BCUT2D eigenvalue weighted by molar-refractivity contribution is 7.13. The highest BCUT2D eigenvalue weighted by Crippen LogP contribution is 2.21. The van der Waals surface area contributed by atoms with Gasteiger partial charge in [0.25, 0.3) is 0 Å². The number of hydrogen-bond acceptors (Lipinski definition) is 6. The first kappa shape index (κ1) is 7.93. The molecule has 13 heavy (non-hydrogen) atoms. The molecule has 5 nitrogen and oxygen atoms in total. The van der Waals surface area contributed by atoms with Gasteiger partial charge in [-0.3, -0.25) is 0 Å². The number of nitrogens with two attached hydrogens (primary N) is 2. The van der Waals surface area contributed by atoms with E-state index >= 15 is 0 Å². The first-order chi connectivity index (χ1) is 6.25. The molecule has 4 N–H and O–H groups in total. The molecular weight excluding hydrogens is 186 g/mol. The van der Waals surface area contributed by atoms with Gasteiger partial charge in [-0.25, -0.2) is 0 Å². The van der Waals surface area contributed by atoms with Crippen LogP contribution in [0.15, 0.2) is 17.5 Å². The molecule has 0 saturated heterocycles. The van der Waals surface area contributed by atoms with E-state index in [4.69, 9.17) is 11.5 Å². The minimum absolute atomic E-state index is 0.149. The summed E-state index contributed by atoms with van der Waals surface area (Å²) in [5, 5.41) is 1.94. The molecule has 2 heterocycles. The Morgan fingerprint density at radius 1 is 1.08 bits per heavy atom. The maximum Gasteiger partial charge on any atom is 0.225 e. The summed E-state index contributed by atoms with van der Waals surface area (Å²) in [6.45, 7) is 0. The third-order valence-corrected chi connectivity index (χ3v) is 2.28. The van der Waals surface area contributed by atoms with E-state index in [9.17, 15) is 0 Å². The second kappa shape index (κ2) is 2.98. The highest BCUT2D eigenvalue weighted by atomic mass is 32.1. The summed E-state index contributed by atoms with van der Waals surface area (Å²) in [5.74, 6) is 0.826. The number of thiophene rings is 1. The molecule has 2 rings (SSSR count). The van der Waals surface area contributed by atoms with Gasteiger partial charge in [0.15, 0.2) is 5.82 Å². The summed E-state index contributed by atoms with van der Waals surface area (Å²) in [5.41, 5.74) is 10.9. The molecule has 0 saturated carbocycles. The molecule has 0 bridgehead atoms. The summed E-state index contributed by atoms with van der Waals surface area (Å²) in [7, 11) is 0. The van der Waals surface area contributed by atoms with Gasteiger partial charge in [0.2, 0.25) is 11.9 Å². The average molecular weight is 193 g/mol. The highest BCUT2D eigenvalue weighted by Gasteiger charge is 2.04. The van der Waals surface area contributed by atoms with Crippen molar-refractivity contribution in [3.63, 3.8) is 0 Å². The molecule has 0 aromatic carbocycles. The van der Waals surface area contributed by atoms with E-state index in [1.807, 2.05) is 17.5 Å². The van der Waals surface area contributed by atoms with Gasteiger partial charge in [-0.05, 0) is 11.4 Å². The van der Waals surface area contributed by atoms with E-state index < -0.39 is 0 Å². The van der Waals surface area contributed by atoms with Crippen molar-refractivity contribution in [1.29, 1.82) is 0 Å². The van der Waals surface area contributed by atoms with Crippen LogP contribution in [0.3, 0.4) is 0 Å². The lowest BCUT2D eigenvalue weighted by molar-refractivity contribution is 1.09. The van der Waals surface area contributed by atoms with Gasteiger partial charge in [0, 0.05) is 0 Å². The van der Waals surface area contributed by atoms with Gasteiger partial charge >= 0.3 is 0 Å². The van der Waals surface area contributed by atoms with E-state index in [0.29, 0.717) is 5.82 Å². The molecule has 66 valence electrons. The van der Waals surface area contributed by atoms with Gasteiger partial charge in [0.1, 0.15) is 0 Å². The summed E-state index contributed by atoms with van der Waals surface area (Å²) in [6.07, 6.45) is 0. The number of hydrogen-bond donors (Lipinski definition) is 2. The molecule has 0 aliphatic rings. The lowest BCUT2D eigenvalue weighted by Crippen LogP contribution is -2.03. The van der Waals surface area contributed by atoms with Crippen LogP contribution in [0.5, 0.6) is 0 Å². The lowest BCUT2D eigenvalue weighted by atomic mass is 10.4. The number of rotatable bonds is 1. The maximum absolute atomic E-state index is 5.43. The van der Waals surface area contributed by atoms with Crippen molar-refractivity contribution in [2.45, 2.75) is 0 Å². The van der Waals surface area contributed by atoms with Gasteiger partial charge in [0.05, 0.1) is 4.88 Å². The summed E-state index contributed by atoms with van der Waals surface area (Å²) in [6, 6.07) is 3.81. The minimum Gasteiger partial charge on any atom is -0.368 e. The number of nitrogen functional groups attached to an aromatic ring is 2. The molecule has 2 aromatic rings. The third-order valence-electron chi connectivity index (χ3n) is 1.41. The molecule has 0 unspecified atom stereocenters. The molecule has 0 fully saturated rings. The summed E-state index contributed by atoms with van der Waals surface area (Å²) < 4.78 is 0. The molecule has 2 aromatic heterocycles. The zero-order valence-electron chi connectivity index (χ0n) is 6.64. The van der Waals surface area contributed by atoms with Crippen molar-refractivity contribution in [2.24, 2.45) is 0 Å². The monoisotopic (exact) mass is 193 g/mol. The van der Waals surface area contributed by atoms with Gasteiger partial charge in [-0.2, -0.15) is 15.0 Å². The fraction of sp³-hybridized carbons (Fsp3) is 0. The van der Waals surface area contributed by atoms with Crippen LogP contribution in [-0.2, 0) is 0 Å². The van der Waals surface area contributed by atoms with Crippen molar-refractivity contribution in [1.82, 2.24) is 15.0 Å². The first-order valence-electron chi connectivity index (χ1n) is 3.56. The van der Waals surface area contributed by atoms with Crippen LogP contribution in [0.4, 0.5) is 11.9 Å². The Kier molecular flexibility index (Phi) is 1.82. The summed E-state index contributed by atoms with van der Waals surface area (Å²) in [4.78, 5) is 12.5. The van der Waals surface area contributed by atoms with E-state index in [1.165, 1.54) is 11.3 Å². The topological polar surface area (TPSA) is 90.7 Å². The number of anilines is 2. The average Bonchev–Trinajstić information content (AvgIpc) is 2.53. The largest absolute Gasteiger partial charge is 0.368 e. The molecule has 0 aliphatic carbocycles. The van der Waals surface area contributed by atoms with Crippen molar-refractivity contribution in [3.05, 3.63) is 17.5 Å². The number of aromatic nitrogens is 3. The Hall–Kier alpha value is -1.69. The van der Waals surface area contributed by atoms with Crippen LogP contribution in [0.25, 0.3) is 10.7 Å². The van der Waals surface area contributed by atoms with Crippen LogP contribution in [0.2, 0.25) is 0 Å². The maximum atomic E-state index is 5.43. The quantitative estimate of drug-likeness (QED) is 0.697. The number of nitrogens with zero attached hydrogens (tertiary/aromatic N) is 3. The Morgan fingerprint density at radius 2 is 1.77 bits per heavy atom. The third kappa shape index (κ3) is 1.57. The van der Waals surface area contributed by atoms with Crippen molar-refractivity contribution >= 4 is 23.2 Å². The minimum atomic E-state index is 0.149. The Morgan fingerprint density at radius 3 is 2.31 bits per heavy atom. The smallest absolute Gasteiger partial charge is 0.225 e. The van der Waals surface area contributed by atoms with E-state index in [2.05, 4.69) is 15.0 Å². The zero-order valence-corrected chi connectivity index (χ0v) is 7.45. The predicted molar refractivity (Wildman–Crippen MR) is 52.0 cm³/mol. The molecule has 0 amide bonds. The molecule has 0 aliphatic heterocycles. The van der Waals surface area contributed by atoms with Gasteiger partial charge in [-0.15, -0.1) is 11.3 Å². The molecule has 6 heteroatoms. The molecule has 0 atom stereocenters. The van der Waals surface area contributed by atoms with Crippen LogP contribution < -0.4 is 11.5 Å². The van der Waals surface area contributed by atoms with Crippen molar-refractivity contribution in [2.75, 3.05) is 11.5 Å². The second-order valence-corrected chi connectivity index (χ2v) is 3.30. The second-order valence-electron chi connectivity index (χ2n) is 2.35. The SMILES string of the molecule is Nc1nc(N)nc(-c2cccs2)n1. The normalized spacial score (nSPS) is 10.2. The van der Waals surface area contributed by atoms with Crippen LogP contribution in [-0.4, -0.2) is 15.0 Å². The molecular formula is C7H7N5S. The van der Waals surface area contributed by atoms with Gasteiger partial charge < -0.3 is 11.5 Å². The van der Waals surface area contributed by atoms with E-state index in [-0.39, 0.29) is 11.9 Å². The molecule has 0 radical (unpaired) electrons. The van der Waals surface area contributed by atoms with Crippen molar-refractivity contribution in [3.8, 4) is 10.7 Å². The first-order valence-corrected chi connectivity index (χ1v) is 4.44. The zero-order chi connectivity index (χ0) is 9.26. The fourth-order valence-corrected chi connectivity index (χ4v) is 1.58. The molecule has 0 spiro atoms. The Balaban J connectivity index is 2.53. The van der Waals surface area contributed by atoms with E-state index in [0.717, 1.165) is 4.88 Å². The van der Waals surface area contributed by atoms with Gasteiger partial charge in [-0.1, -0.05) is 6.07 Å². The summed E-state index contributed by atoms with van der Waals surface area (Å²) >= 11 is 1.53. The van der Waals surface area contributed by atoms with Crippen LogP contribution in [0, 0.1) is 0 Å². The Bertz CT molecular complexity index is 391. The van der Waals surface area contributed by atoms with Crippen LogP contribution >= 0.6 is 11.3 Å². The van der Waals surface area contributed by atoms with E-state index in [1.54, 1.807) is 0 Å². The standard InChI is InChI=1S/C7H7N5S/c8-6-10-5(11-7(9)12-6)4-2-1-3-13-4/h1-3H,(H4,8,9,10,11,12). The predicted octanol–water partition coefficient (Wildman–Crippen LogP) is 0.765.